The molecule has 0 spiro atoms. The van der Waals surface area contributed by atoms with Gasteiger partial charge in [0.2, 0.25) is 0 Å². The van der Waals surface area contributed by atoms with Crippen molar-refractivity contribution in [3.05, 3.63) is 54.1 Å². The fourth-order valence-electron chi connectivity index (χ4n) is 2.48. The van der Waals surface area contributed by atoms with E-state index in [0.29, 0.717) is 28.4 Å². The van der Waals surface area contributed by atoms with Gasteiger partial charge in [-0.3, -0.25) is 5.10 Å². The van der Waals surface area contributed by atoms with Crippen molar-refractivity contribution in [2.75, 3.05) is 17.7 Å². The van der Waals surface area contributed by atoms with Crippen LogP contribution >= 0.6 is 11.6 Å². The molecule has 8 nitrogen and oxygen atoms in total. The number of nitrogens with zero attached hydrogens (tertiary/aromatic N) is 4. The zero-order valence-electron chi connectivity index (χ0n) is 13.7. The van der Waals surface area contributed by atoms with Gasteiger partial charge in [0.05, 0.1) is 24.5 Å². The Morgan fingerprint density at radius 1 is 1.04 bits per heavy atom. The minimum atomic E-state index is 0.403. The first kappa shape index (κ1) is 16.1. The summed E-state index contributed by atoms with van der Waals surface area (Å²) in [5, 5.41) is 14.6. The Labute approximate surface area is 153 Å². The number of H-pyrrole nitrogens is 1. The number of aromatic nitrogens is 5. The number of aromatic amines is 1. The molecule has 4 aromatic rings. The number of hydrogen-bond donors (Lipinski definition) is 3. The van der Waals surface area contributed by atoms with Crippen molar-refractivity contribution in [2.24, 2.45) is 0 Å². The number of halogens is 1. The number of methoxy groups -OCH3 is 1. The van der Waals surface area contributed by atoms with Crippen LogP contribution in [-0.2, 0) is 0 Å². The van der Waals surface area contributed by atoms with Crippen LogP contribution in [0.25, 0.3) is 10.9 Å². The first-order chi connectivity index (χ1) is 12.7. The summed E-state index contributed by atoms with van der Waals surface area (Å²) in [5.74, 6) is 2.46. The molecule has 130 valence electrons. The van der Waals surface area contributed by atoms with E-state index < -0.39 is 0 Å². The zero-order valence-corrected chi connectivity index (χ0v) is 14.4. The molecule has 1 aromatic carbocycles. The maximum atomic E-state index is 5.90. The van der Waals surface area contributed by atoms with E-state index >= 15 is 0 Å². The van der Waals surface area contributed by atoms with E-state index in [2.05, 4.69) is 35.8 Å². The van der Waals surface area contributed by atoms with E-state index in [9.17, 15) is 0 Å². The Bertz CT molecular complexity index is 1070. The highest BCUT2D eigenvalue weighted by Crippen LogP contribution is 2.31. The smallest absolute Gasteiger partial charge is 0.144 e. The normalized spacial score (nSPS) is 10.7. The standard InChI is InChI=1S/C17H14ClN7O/c1-26-13-6-11-10(8-21-25-11)5-12(13)22-16-7-17(20-9-19-16)24-15-4-2-3-14(18)23-15/h2-9H,1H3,(H,21,25)(H2,19,20,22,23,24). The summed E-state index contributed by atoms with van der Waals surface area (Å²) in [6.07, 6.45) is 3.20. The van der Waals surface area contributed by atoms with Crippen LogP contribution in [0.3, 0.4) is 0 Å². The minimum absolute atomic E-state index is 0.403. The van der Waals surface area contributed by atoms with Gasteiger partial charge >= 0.3 is 0 Å². The van der Waals surface area contributed by atoms with E-state index in [1.807, 2.05) is 18.2 Å². The van der Waals surface area contributed by atoms with E-state index in [0.717, 1.165) is 16.6 Å². The molecular formula is C17H14ClN7O. The molecule has 0 aliphatic carbocycles. The number of ether oxygens (including phenoxy) is 1. The fraction of sp³-hybridized carbons (Fsp3) is 0.0588. The van der Waals surface area contributed by atoms with Gasteiger partial charge in [0.25, 0.3) is 0 Å². The third kappa shape index (κ3) is 3.35. The van der Waals surface area contributed by atoms with Crippen LogP contribution in [0, 0.1) is 0 Å². The lowest BCUT2D eigenvalue weighted by molar-refractivity contribution is 0.417. The van der Waals surface area contributed by atoms with Crippen LogP contribution in [-0.4, -0.2) is 32.3 Å². The van der Waals surface area contributed by atoms with Crippen molar-refractivity contribution in [1.82, 2.24) is 25.1 Å². The molecule has 0 bridgehead atoms. The van der Waals surface area contributed by atoms with Gasteiger partial charge in [-0.15, -0.1) is 0 Å². The molecule has 9 heteroatoms. The number of pyridine rings is 1. The predicted molar refractivity (Wildman–Crippen MR) is 100 cm³/mol. The molecule has 0 atom stereocenters. The van der Waals surface area contributed by atoms with E-state index in [1.165, 1.54) is 6.33 Å². The lowest BCUT2D eigenvalue weighted by Gasteiger charge is -2.12. The molecule has 0 radical (unpaired) electrons. The SMILES string of the molecule is COc1cc2[nH]ncc2cc1Nc1cc(Nc2cccc(Cl)n2)ncn1. The van der Waals surface area contributed by atoms with Crippen LogP contribution in [0.2, 0.25) is 5.15 Å². The summed E-state index contributed by atoms with van der Waals surface area (Å²) in [6, 6.07) is 10.9. The molecule has 0 unspecified atom stereocenters. The fourth-order valence-corrected chi connectivity index (χ4v) is 2.64. The number of benzene rings is 1. The van der Waals surface area contributed by atoms with Gasteiger partial charge in [-0.2, -0.15) is 5.10 Å². The summed E-state index contributed by atoms with van der Waals surface area (Å²) < 4.78 is 5.44. The van der Waals surface area contributed by atoms with Gasteiger partial charge in [0.1, 0.15) is 34.7 Å². The van der Waals surface area contributed by atoms with E-state index in [1.54, 1.807) is 31.5 Å². The molecule has 26 heavy (non-hydrogen) atoms. The van der Waals surface area contributed by atoms with Crippen LogP contribution in [0.5, 0.6) is 5.75 Å². The van der Waals surface area contributed by atoms with Crippen molar-refractivity contribution in [1.29, 1.82) is 0 Å². The molecule has 3 aromatic heterocycles. The van der Waals surface area contributed by atoms with Crippen molar-refractivity contribution in [2.45, 2.75) is 0 Å². The van der Waals surface area contributed by atoms with Gasteiger partial charge in [-0.1, -0.05) is 17.7 Å². The number of nitrogens with one attached hydrogen (secondary N) is 3. The maximum Gasteiger partial charge on any atom is 0.144 e. The number of anilines is 4. The summed E-state index contributed by atoms with van der Waals surface area (Å²) in [7, 11) is 1.61. The first-order valence-corrected chi connectivity index (χ1v) is 8.09. The monoisotopic (exact) mass is 367 g/mol. The quantitative estimate of drug-likeness (QED) is 0.460. The second kappa shape index (κ2) is 6.85. The molecule has 0 aliphatic rings. The summed E-state index contributed by atoms with van der Waals surface area (Å²) >= 11 is 5.90. The second-order valence-corrected chi connectivity index (χ2v) is 5.78. The second-order valence-electron chi connectivity index (χ2n) is 5.39. The zero-order chi connectivity index (χ0) is 17.9. The van der Waals surface area contributed by atoms with Crippen LogP contribution in [0.1, 0.15) is 0 Å². The lowest BCUT2D eigenvalue weighted by atomic mass is 10.2. The minimum Gasteiger partial charge on any atom is -0.494 e. The van der Waals surface area contributed by atoms with Crippen molar-refractivity contribution in [3.63, 3.8) is 0 Å². The first-order valence-electron chi connectivity index (χ1n) is 7.71. The highest BCUT2D eigenvalue weighted by molar-refractivity contribution is 6.29. The summed E-state index contributed by atoms with van der Waals surface area (Å²) in [5.41, 5.74) is 1.66. The van der Waals surface area contributed by atoms with Gasteiger partial charge in [-0.25, -0.2) is 15.0 Å². The molecule has 3 heterocycles. The predicted octanol–water partition coefficient (Wildman–Crippen LogP) is 3.90. The van der Waals surface area contributed by atoms with E-state index in [4.69, 9.17) is 16.3 Å². The van der Waals surface area contributed by atoms with Gasteiger partial charge in [-0.05, 0) is 18.2 Å². The topological polar surface area (TPSA) is 101 Å². The Balaban J connectivity index is 1.61. The molecule has 3 N–H and O–H groups in total. The average molecular weight is 368 g/mol. The number of hydrogen-bond acceptors (Lipinski definition) is 7. The Morgan fingerprint density at radius 3 is 2.69 bits per heavy atom. The Kier molecular flexibility index (Phi) is 4.24. The molecule has 0 saturated heterocycles. The highest BCUT2D eigenvalue weighted by Gasteiger charge is 2.09. The highest BCUT2D eigenvalue weighted by atomic mass is 35.5. The largest absolute Gasteiger partial charge is 0.494 e. The maximum absolute atomic E-state index is 5.90. The molecule has 4 rings (SSSR count). The Morgan fingerprint density at radius 2 is 1.88 bits per heavy atom. The van der Waals surface area contributed by atoms with Crippen LogP contribution in [0.4, 0.5) is 23.1 Å². The van der Waals surface area contributed by atoms with Crippen molar-refractivity contribution >= 4 is 45.6 Å². The molecule has 0 amide bonds. The molecule has 0 saturated carbocycles. The Hall–Kier alpha value is -3.39. The molecule has 0 fully saturated rings. The van der Waals surface area contributed by atoms with Crippen molar-refractivity contribution in [3.8, 4) is 5.75 Å². The van der Waals surface area contributed by atoms with Crippen LogP contribution in [0.15, 0.2) is 48.9 Å². The van der Waals surface area contributed by atoms with Crippen LogP contribution < -0.4 is 15.4 Å². The molecular weight excluding hydrogens is 354 g/mol. The third-order valence-electron chi connectivity index (χ3n) is 3.66. The summed E-state index contributed by atoms with van der Waals surface area (Å²) in [4.78, 5) is 12.6. The van der Waals surface area contributed by atoms with Gasteiger partial charge in [0.15, 0.2) is 0 Å². The number of rotatable bonds is 5. The lowest BCUT2D eigenvalue weighted by Crippen LogP contribution is -2.00. The average Bonchev–Trinajstić information content (AvgIpc) is 3.08. The third-order valence-corrected chi connectivity index (χ3v) is 3.87. The molecule has 0 aliphatic heterocycles. The van der Waals surface area contributed by atoms with Gasteiger partial charge in [0, 0.05) is 17.5 Å². The van der Waals surface area contributed by atoms with Crippen molar-refractivity contribution < 1.29 is 4.74 Å². The number of fused-ring (bicyclic) bond motifs is 1. The van der Waals surface area contributed by atoms with E-state index in [-0.39, 0.29) is 0 Å². The van der Waals surface area contributed by atoms with Gasteiger partial charge < -0.3 is 15.4 Å². The summed E-state index contributed by atoms with van der Waals surface area (Å²) in [6.45, 7) is 0.